The van der Waals surface area contributed by atoms with Gasteiger partial charge in [0.15, 0.2) is 6.10 Å². The first-order valence-electron chi connectivity index (χ1n) is 7.61. The second-order valence-electron chi connectivity index (χ2n) is 5.57. The average Bonchev–Trinajstić information content (AvgIpc) is 2.60. The van der Waals surface area contributed by atoms with Crippen molar-refractivity contribution in [3.8, 4) is 0 Å². The van der Waals surface area contributed by atoms with Gasteiger partial charge in [-0.05, 0) is 17.2 Å². The van der Waals surface area contributed by atoms with Crippen LogP contribution in [0.3, 0.4) is 0 Å². The lowest BCUT2D eigenvalue weighted by molar-refractivity contribution is -0.144. The molecule has 3 N–H and O–H groups in total. The molecule has 0 bridgehead atoms. The molecule has 5 nitrogen and oxygen atoms in total. The van der Waals surface area contributed by atoms with Crippen LogP contribution in [0.2, 0.25) is 0 Å². The second-order valence-corrected chi connectivity index (χ2v) is 5.57. The molecule has 0 radical (unpaired) electrons. The summed E-state index contributed by atoms with van der Waals surface area (Å²) in [5, 5.41) is 21.3. The maximum atomic E-state index is 13.0. The average molecular weight is 367 g/mol. The molecule has 2 aromatic carbocycles. The van der Waals surface area contributed by atoms with Crippen molar-refractivity contribution in [3.05, 3.63) is 71.3 Å². The Morgan fingerprint density at radius 1 is 1.00 bits per heavy atom. The van der Waals surface area contributed by atoms with Gasteiger partial charge in [0.05, 0.1) is 5.56 Å². The minimum absolute atomic E-state index is 0.241. The molecule has 1 amide bonds. The van der Waals surface area contributed by atoms with Crippen LogP contribution in [-0.4, -0.2) is 28.1 Å². The molecule has 0 aromatic heterocycles. The molecule has 0 spiro atoms. The minimum Gasteiger partial charge on any atom is -0.480 e. The molecule has 2 atom stereocenters. The van der Waals surface area contributed by atoms with E-state index < -0.39 is 42.2 Å². The van der Waals surface area contributed by atoms with Crippen molar-refractivity contribution in [2.45, 2.75) is 24.7 Å². The molecule has 0 fully saturated rings. The fourth-order valence-electron chi connectivity index (χ4n) is 2.43. The number of amides is 1. The summed E-state index contributed by atoms with van der Waals surface area (Å²) in [5.41, 5.74) is -0.990. The fourth-order valence-corrected chi connectivity index (χ4v) is 2.43. The largest absolute Gasteiger partial charge is 0.480 e. The van der Waals surface area contributed by atoms with E-state index in [1.54, 1.807) is 18.2 Å². The molecule has 0 heterocycles. The Labute approximate surface area is 147 Å². The third-order valence-corrected chi connectivity index (χ3v) is 3.73. The third kappa shape index (κ3) is 4.82. The number of nitrogens with one attached hydrogen (secondary N) is 1. The standard InChI is InChI=1S/C18H16F3NO4/c19-18(20,21)13-9-5-4-8-12(13)10-14(17(25)26)22-16(24)15(23)11-6-2-1-3-7-11/h1-9,14-15,23H,10H2,(H,22,24)(H,25,26)/t14-,15-/m0/s1. The van der Waals surface area contributed by atoms with E-state index in [9.17, 15) is 33.0 Å². The van der Waals surface area contributed by atoms with Crippen molar-refractivity contribution in [2.24, 2.45) is 0 Å². The number of aliphatic carboxylic acids is 1. The summed E-state index contributed by atoms with van der Waals surface area (Å²) in [7, 11) is 0. The number of carboxylic acid groups (broad SMARTS) is 1. The van der Waals surface area contributed by atoms with E-state index in [0.29, 0.717) is 0 Å². The van der Waals surface area contributed by atoms with Gasteiger partial charge in [-0.25, -0.2) is 4.79 Å². The Bertz CT molecular complexity index is 778. The number of carbonyl (C=O) groups is 2. The number of hydrogen-bond acceptors (Lipinski definition) is 3. The first-order valence-corrected chi connectivity index (χ1v) is 7.61. The summed E-state index contributed by atoms with van der Waals surface area (Å²) in [4.78, 5) is 23.5. The van der Waals surface area contributed by atoms with Gasteiger partial charge >= 0.3 is 12.1 Å². The topological polar surface area (TPSA) is 86.6 Å². The lowest BCUT2D eigenvalue weighted by atomic mass is 9.99. The number of benzene rings is 2. The van der Waals surface area contributed by atoms with Gasteiger partial charge in [-0.1, -0.05) is 48.5 Å². The Kier molecular flexibility index (Phi) is 5.99. The van der Waals surface area contributed by atoms with Crippen molar-refractivity contribution < 1.29 is 33.0 Å². The lowest BCUT2D eigenvalue weighted by Gasteiger charge is -2.19. The van der Waals surface area contributed by atoms with E-state index in [1.165, 1.54) is 24.3 Å². The third-order valence-electron chi connectivity index (χ3n) is 3.73. The maximum Gasteiger partial charge on any atom is 0.416 e. The van der Waals surface area contributed by atoms with Crippen LogP contribution in [0.5, 0.6) is 0 Å². The van der Waals surface area contributed by atoms with Crippen LogP contribution in [0, 0.1) is 0 Å². The molecule has 0 aliphatic carbocycles. The van der Waals surface area contributed by atoms with Gasteiger partial charge in [-0.15, -0.1) is 0 Å². The SMILES string of the molecule is O=C(O)[C@H](Cc1ccccc1C(F)(F)F)NC(=O)[C@@H](O)c1ccccc1. The van der Waals surface area contributed by atoms with Crippen molar-refractivity contribution in [1.29, 1.82) is 0 Å². The molecule has 138 valence electrons. The molecule has 8 heteroatoms. The number of carboxylic acids is 1. The summed E-state index contributed by atoms with van der Waals surface area (Å²) >= 11 is 0. The van der Waals surface area contributed by atoms with Crippen molar-refractivity contribution in [1.82, 2.24) is 5.32 Å². The number of hydrogen-bond donors (Lipinski definition) is 3. The van der Waals surface area contributed by atoms with Crippen molar-refractivity contribution in [3.63, 3.8) is 0 Å². The van der Waals surface area contributed by atoms with E-state index in [2.05, 4.69) is 5.32 Å². The van der Waals surface area contributed by atoms with Gasteiger partial charge < -0.3 is 15.5 Å². The van der Waals surface area contributed by atoms with E-state index in [1.807, 2.05) is 0 Å². The Balaban J connectivity index is 2.18. The number of alkyl halides is 3. The number of rotatable bonds is 6. The summed E-state index contributed by atoms with van der Waals surface area (Å²) in [5.74, 6) is -2.51. The van der Waals surface area contributed by atoms with E-state index in [-0.39, 0.29) is 11.1 Å². The summed E-state index contributed by atoms with van der Waals surface area (Å²) in [6, 6.07) is 10.7. The zero-order valence-electron chi connectivity index (χ0n) is 13.4. The minimum atomic E-state index is -4.65. The van der Waals surface area contributed by atoms with Crippen LogP contribution >= 0.6 is 0 Å². The smallest absolute Gasteiger partial charge is 0.416 e. The lowest BCUT2D eigenvalue weighted by Crippen LogP contribution is -2.44. The first-order chi connectivity index (χ1) is 12.2. The molecule has 0 saturated heterocycles. The predicted octanol–water partition coefficient (Wildman–Crippen LogP) is 2.55. The molecule has 0 unspecified atom stereocenters. The number of aliphatic hydroxyl groups excluding tert-OH is 1. The number of aliphatic hydroxyl groups is 1. The highest BCUT2D eigenvalue weighted by atomic mass is 19.4. The molecule has 2 rings (SSSR count). The van der Waals surface area contributed by atoms with Crippen LogP contribution in [0.25, 0.3) is 0 Å². The van der Waals surface area contributed by atoms with Crippen molar-refractivity contribution in [2.75, 3.05) is 0 Å². The van der Waals surface area contributed by atoms with Gasteiger partial charge in [0.2, 0.25) is 0 Å². The van der Waals surface area contributed by atoms with Crippen molar-refractivity contribution >= 4 is 11.9 Å². The Morgan fingerprint density at radius 3 is 2.15 bits per heavy atom. The summed E-state index contributed by atoms with van der Waals surface area (Å²) in [6.07, 6.45) is -6.85. The molecule has 0 aliphatic heterocycles. The number of halogens is 3. The molecular formula is C18H16F3NO4. The highest BCUT2D eigenvalue weighted by Gasteiger charge is 2.34. The monoisotopic (exact) mass is 367 g/mol. The van der Waals surface area contributed by atoms with Gasteiger partial charge in [-0.3, -0.25) is 4.79 Å². The molecule has 2 aromatic rings. The quantitative estimate of drug-likeness (QED) is 0.732. The zero-order chi connectivity index (χ0) is 19.3. The van der Waals surface area contributed by atoms with E-state index in [0.717, 1.165) is 12.1 Å². The highest BCUT2D eigenvalue weighted by Crippen LogP contribution is 2.32. The zero-order valence-corrected chi connectivity index (χ0v) is 13.4. The maximum absolute atomic E-state index is 13.0. The molecule has 0 aliphatic rings. The summed E-state index contributed by atoms with van der Waals surface area (Å²) in [6.45, 7) is 0. The predicted molar refractivity (Wildman–Crippen MR) is 86.1 cm³/mol. The molecular weight excluding hydrogens is 351 g/mol. The normalized spacial score (nSPS) is 13.7. The van der Waals surface area contributed by atoms with Gasteiger partial charge in [0.25, 0.3) is 5.91 Å². The van der Waals surface area contributed by atoms with E-state index >= 15 is 0 Å². The van der Waals surface area contributed by atoms with E-state index in [4.69, 9.17) is 0 Å². The van der Waals surface area contributed by atoms with Crippen LogP contribution in [0.4, 0.5) is 13.2 Å². The Hall–Kier alpha value is -2.87. The van der Waals surface area contributed by atoms with Crippen LogP contribution in [-0.2, 0) is 22.2 Å². The first kappa shape index (κ1) is 19.5. The molecule has 0 saturated carbocycles. The fraction of sp³-hybridized carbons (Fsp3) is 0.222. The Morgan fingerprint density at radius 2 is 1.58 bits per heavy atom. The van der Waals surface area contributed by atoms with Crippen LogP contribution in [0.1, 0.15) is 22.8 Å². The highest BCUT2D eigenvalue weighted by molar-refractivity contribution is 5.87. The van der Waals surface area contributed by atoms with Gasteiger partial charge in [-0.2, -0.15) is 13.2 Å². The van der Waals surface area contributed by atoms with Crippen LogP contribution < -0.4 is 5.32 Å². The summed E-state index contributed by atoms with van der Waals surface area (Å²) < 4.78 is 39.1. The van der Waals surface area contributed by atoms with Gasteiger partial charge in [0, 0.05) is 6.42 Å². The van der Waals surface area contributed by atoms with Crippen LogP contribution in [0.15, 0.2) is 54.6 Å². The number of carbonyl (C=O) groups excluding carboxylic acids is 1. The molecule has 26 heavy (non-hydrogen) atoms. The second kappa shape index (κ2) is 8.01. The van der Waals surface area contributed by atoms with Gasteiger partial charge in [0.1, 0.15) is 6.04 Å².